The molecular formula is C24H32N6O2. The van der Waals surface area contributed by atoms with Gasteiger partial charge in [-0.2, -0.15) is 0 Å². The average Bonchev–Trinajstić information content (AvgIpc) is 2.80. The smallest absolute Gasteiger partial charge is 0.267 e. The Balaban J connectivity index is 1.73. The predicted octanol–water partition coefficient (Wildman–Crippen LogP) is 2.45. The van der Waals surface area contributed by atoms with Crippen molar-refractivity contribution in [3.8, 4) is 0 Å². The minimum Gasteiger partial charge on any atom is -0.351 e. The summed E-state index contributed by atoms with van der Waals surface area (Å²) in [5.74, 6) is -0.312. The van der Waals surface area contributed by atoms with Gasteiger partial charge in [0, 0.05) is 25.8 Å². The molecule has 0 spiro atoms. The van der Waals surface area contributed by atoms with Gasteiger partial charge in [-0.15, -0.1) is 0 Å². The van der Waals surface area contributed by atoms with Crippen LogP contribution in [0, 0.1) is 12.3 Å². The molecule has 0 saturated carbocycles. The number of carbonyl (C=O) groups is 1. The number of amides is 1. The average molecular weight is 437 g/mol. The van der Waals surface area contributed by atoms with Crippen molar-refractivity contribution in [2.24, 2.45) is 0 Å². The fraction of sp³-hybridized carbons (Fsp3) is 0.500. The number of rotatable bonds is 7. The lowest BCUT2D eigenvalue weighted by atomic mass is 10.1. The molecule has 2 N–H and O–H groups in total. The van der Waals surface area contributed by atoms with Gasteiger partial charge in [-0.1, -0.05) is 25.8 Å². The third kappa shape index (κ3) is 4.32. The molecule has 170 valence electrons. The monoisotopic (exact) mass is 436 g/mol. The molecule has 4 heterocycles. The van der Waals surface area contributed by atoms with Gasteiger partial charge in [0.05, 0.1) is 10.9 Å². The highest BCUT2D eigenvalue weighted by Crippen LogP contribution is 2.13. The summed E-state index contributed by atoms with van der Waals surface area (Å²) >= 11 is 0. The fourth-order valence-corrected chi connectivity index (χ4v) is 4.41. The zero-order valence-electron chi connectivity index (χ0n) is 19.0. The lowest BCUT2D eigenvalue weighted by Crippen LogP contribution is -2.40. The Morgan fingerprint density at radius 1 is 1.19 bits per heavy atom. The second kappa shape index (κ2) is 9.65. The molecule has 1 amide bonds. The molecule has 8 nitrogen and oxygen atoms in total. The molecule has 1 saturated heterocycles. The highest BCUT2D eigenvalue weighted by atomic mass is 16.1. The number of nitrogens with one attached hydrogen (secondary N) is 2. The predicted molar refractivity (Wildman–Crippen MR) is 125 cm³/mol. The van der Waals surface area contributed by atoms with Gasteiger partial charge in [-0.05, 0) is 57.0 Å². The first-order valence-corrected chi connectivity index (χ1v) is 11.6. The van der Waals surface area contributed by atoms with Crippen molar-refractivity contribution in [2.45, 2.75) is 52.5 Å². The second-order valence-electron chi connectivity index (χ2n) is 8.61. The summed E-state index contributed by atoms with van der Waals surface area (Å²) in [6.45, 7) is 8.00. The van der Waals surface area contributed by atoms with E-state index in [0.717, 1.165) is 38.0 Å². The summed E-state index contributed by atoms with van der Waals surface area (Å²) in [7, 11) is 0. The van der Waals surface area contributed by atoms with Crippen LogP contribution in [0.4, 0.5) is 0 Å². The maximum absolute atomic E-state index is 13.3. The highest BCUT2D eigenvalue weighted by molar-refractivity contribution is 5.96. The van der Waals surface area contributed by atoms with E-state index in [2.05, 4.69) is 17.1 Å². The molecule has 0 aliphatic carbocycles. The minimum absolute atomic E-state index is 0.103. The summed E-state index contributed by atoms with van der Waals surface area (Å²) in [6, 6.07) is 5.27. The zero-order chi connectivity index (χ0) is 22.7. The van der Waals surface area contributed by atoms with Gasteiger partial charge in [0.2, 0.25) is 0 Å². The molecule has 3 aromatic heterocycles. The molecule has 1 aliphatic rings. The quantitative estimate of drug-likeness (QED) is 0.556. The number of piperidine rings is 1. The van der Waals surface area contributed by atoms with Crippen molar-refractivity contribution in [1.82, 2.24) is 24.2 Å². The lowest BCUT2D eigenvalue weighted by molar-refractivity contribution is 0.0944. The van der Waals surface area contributed by atoms with E-state index in [1.807, 2.05) is 19.1 Å². The van der Waals surface area contributed by atoms with Crippen LogP contribution in [0.3, 0.4) is 0 Å². The second-order valence-corrected chi connectivity index (χ2v) is 8.61. The standard InChI is InChI=1S/C24H32N6O2/c1-3-4-13-29-20(25)18(23(31)26-10-15-28-11-6-5-7-12-28)16-19-22(29)27-21-17(2)9-8-14-30(21)24(19)32/h8-9,14,16,25H,3-7,10-13,15H2,1-2H3,(H,26,31). The summed E-state index contributed by atoms with van der Waals surface area (Å²) in [4.78, 5) is 33.4. The van der Waals surface area contributed by atoms with Crippen molar-refractivity contribution in [1.29, 1.82) is 5.41 Å². The normalized spacial score (nSPS) is 14.8. The van der Waals surface area contributed by atoms with Crippen LogP contribution in [0.15, 0.2) is 29.2 Å². The van der Waals surface area contributed by atoms with Gasteiger partial charge in [-0.25, -0.2) is 4.98 Å². The van der Waals surface area contributed by atoms with Gasteiger partial charge in [-0.3, -0.25) is 19.4 Å². The van der Waals surface area contributed by atoms with Crippen molar-refractivity contribution in [3.63, 3.8) is 0 Å². The largest absolute Gasteiger partial charge is 0.351 e. The van der Waals surface area contributed by atoms with Crippen LogP contribution in [0.5, 0.6) is 0 Å². The third-order valence-electron chi connectivity index (χ3n) is 6.28. The first-order chi connectivity index (χ1) is 15.5. The molecule has 3 aromatic rings. The summed E-state index contributed by atoms with van der Waals surface area (Å²) in [5.41, 5.74) is 2.03. The van der Waals surface area contributed by atoms with Crippen LogP contribution >= 0.6 is 0 Å². The number of aromatic nitrogens is 3. The Morgan fingerprint density at radius 3 is 2.72 bits per heavy atom. The number of hydrogen-bond acceptors (Lipinski definition) is 5. The Morgan fingerprint density at radius 2 is 1.97 bits per heavy atom. The van der Waals surface area contributed by atoms with Crippen molar-refractivity contribution < 1.29 is 4.79 Å². The van der Waals surface area contributed by atoms with Gasteiger partial charge in [0.1, 0.15) is 16.8 Å². The Bertz CT molecular complexity index is 1250. The first kappa shape index (κ1) is 22.2. The zero-order valence-corrected chi connectivity index (χ0v) is 19.0. The van der Waals surface area contributed by atoms with Crippen LogP contribution in [-0.2, 0) is 6.54 Å². The minimum atomic E-state index is -0.312. The van der Waals surface area contributed by atoms with Gasteiger partial charge < -0.3 is 14.8 Å². The van der Waals surface area contributed by atoms with Gasteiger partial charge in [0.25, 0.3) is 11.5 Å². The van der Waals surface area contributed by atoms with Crippen molar-refractivity contribution >= 4 is 22.6 Å². The van der Waals surface area contributed by atoms with Crippen LogP contribution in [0.2, 0.25) is 0 Å². The van der Waals surface area contributed by atoms with Crippen LogP contribution in [0.1, 0.15) is 54.9 Å². The van der Waals surface area contributed by atoms with Crippen molar-refractivity contribution in [3.05, 3.63) is 51.4 Å². The van der Waals surface area contributed by atoms with Crippen LogP contribution in [-0.4, -0.2) is 50.9 Å². The SMILES string of the molecule is CCCCn1c(=N)c(C(=O)NCCN2CCCCC2)cc2c(=O)n3cccc(C)c3nc21. The number of aryl methyl sites for hydroxylation is 2. The Kier molecular flexibility index (Phi) is 6.69. The fourth-order valence-electron chi connectivity index (χ4n) is 4.41. The first-order valence-electron chi connectivity index (χ1n) is 11.6. The molecule has 8 heteroatoms. The maximum atomic E-state index is 13.3. The number of hydrogen-bond donors (Lipinski definition) is 2. The summed E-state index contributed by atoms with van der Waals surface area (Å²) < 4.78 is 3.23. The Labute approximate surface area is 187 Å². The number of nitrogens with zero attached hydrogens (tertiary/aromatic N) is 4. The van der Waals surface area contributed by atoms with Crippen LogP contribution in [0.25, 0.3) is 16.7 Å². The van der Waals surface area contributed by atoms with E-state index >= 15 is 0 Å². The molecular weight excluding hydrogens is 404 g/mol. The van der Waals surface area contributed by atoms with E-state index in [1.54, 1.807) is 16.8 Å². The highest BCUT2D eigenvalue weighted by Gasteiger charge is 2.18. The number of pyridine rings is 2. The van der Waals surface area contributed by atoms with Gasteiger partial charge in [0.15, 0.2) is 0 Å². The topological polar surface area (TPSA) is 95.5 Å². The van der Waals surface area contributed by atoms with E-state index in [4.69, 9.17) is 10.4 Å². The van der Waals surface area contributed by atoms with E-state index in [0.29, 0.717) is 29.8 Å². The van der Waals surface area contributed by atoms with Crippen LogP contribution < -0.4 is 16.4 Å². The number of likely N-dealkylation sites (tertiary alicyclic amines) is 1. The lowest BCUT2D eigenvalue weighted by Gasteiger charge is -2.26. The molecule has 32 heavy (non-hydrogen) atoms. The molecule has 0 radical (unpaired) electrons. The number of fused-ring (bicyclic) bond motifs is 2. The molecule has 0 bridgehead atoms. The summed E-state index contributed by atoms with van der Waals surface area (Å²) in [5, 5.41) is 12.1. The number of carbonyl (C=O) groups excluding carboxylic acids is 1. The van der Waals surface area contributed by atoms with E-state index in [1.165, 1.54) is 23.7 Å². The molecule has 1 aliphatic heterocycles. The summed E-state index contributed by atoms with van der Waals surface area (Å²) in [6.07, 6.45) is 7.15. The molecule has 1 fully saturated rings. The Hall–Kier alpha value is -3.00. The van der Waals surface area contributed by atoms with E-state index < -0.39 is 0 Å². The molecule has 0 aromatic carbocycles. The molecule has 0 atom stereocenters. The van der Waals surface area contributed by atoms with Crippen molar-refractivity contribution in [2.75, 3.05) is 26.2 Å². The van der Waals surface area contributed by atoms with E-state index in [-0.39, 0.29) is 22.5 Å². The molecule has 0 unspecified atom stereocenters. The molecule has 4 rings (SSSR count). The maximum Gasteiger partial charge on any atom is 0.267 e. The van der Waals surface area contributed by atoms with E-state index in [9.17, 15) is 9.59 Å². The van der Waals surface area contributed by atoms with Gasteiger partial charge >= 0.3 is 0 Å². The third-order valence-corrected chi connectivity index (χ3v) is 6.28. The number of unbranched alkanes of at least 4 members (excludes halogenated alkanes) is 1.